The molecule has 5 aromatic rings. The molecule has 47 heavy (non-hydrogen) atoms. The van der Waals surface area contributed by atoms with Gasteiger partial charge < -0.3 is 18.8 Å². The van der Waals surface area contributed by atoms with E-state index in [2.05, 4.69) is 20.5 Å². The highest BCUT2D eigenvalue weighted by molar-refractivity contribution is 6.31. The molecule has 0 radical (unpaired) electrons. The molecule has 0 saturated carbocycles. The molecule has 1 atom stereocenters. The maximum Gasteiger partial charge on any atom is 0.338 e. The fraction of sp³-hybridized carbons (Fsp3) is 0.405. The van der Waals surface area contributed by atoms with Crippen LogP contribution in [0.2, 0.25) is 5.02 Å². The van der Waals surface area contributed by atoms with Crippen molar-refractivity contribution in [1.82, 2.24) is 24.4 Å². The number of carbonyl (C=O) groups excluding carboxylic acids is 1. The van der Waals surface area contributed by atoms with E-state index in [1.54, 1.807) is 6.20 Å². The molecule has 2 aliphatic heterocycles. The van der Waals surface area contributed by atoms with Gasteiger partial charge in [0.1, 0.15) is 18.0 Å². The lowest BCUT2D eigenvalue weighted by Crippen LogP contribution is -2.35. The number of fused-ring (bicyclic) bond motifs is 2. The third-order valence-corrected chi connectivity index (χ3v) is 9.16. The molecular weight excluding hydrogens is 614 g/mol. The van der Waals surface area contributed by atoms with E-state index in [9.17, 15) is 4.79 Å². The van der Waals surface area contributed by atoms with Gasteiger partial charge in [0.25, 0.3) is 0 Å². The Hall–Kier alpha value is -4.05. The van der Waals surface area contributed by atoms with Crippen LogP contribution in [-0.2, 0) is 29.2 Å². The zero-order chi connectivity index (χ0) is 32.5. The molecule has 1 unspecified atom stereocenters. The molecule has 5 heterocycles. The van der Waals surface area contributed by atoms with Gasteiger partial charge in [-0.05, 0) is 95.6 Å². The minimum Gasteiger partial charge on any atom is -0.473 e. The lowest BCUT2D eigenvalue weighted by atomic mass is 9.93. The van der Waals surface area contributed by atoms with Crippen molar-refractivity contribution in [2.24, 2.45) is 0 Å². The molecule has 3 aromatic heterocycles. The first kappa shape index (κ1) is 31.5. The summed E-state index contributed by atoms with van der Waals surface area (Å²) in [4.78, 5) is 29.7. The summed E-state index contributed by atoms with van der Waals surface area (Å²) in [5.74, 6) is 1.66. The second-order valence-corrected chi connectivity index (χ2v) is 13.9. The molecule has 0 bridgehead atoms. The summed E-state index contributed by atoms with van der Waals surface area (Å²) in [6.45, 7) is 10.2. The van der Waals surface area contributed by atoms with Gasteiger partial charge in [-0.2, -0.15) is 0 Å². The fourth-order valence-corrected chi connectivity index (χ4v) is 6.54. The number of nitrogens with zero attached hydrogens (tertiary/aromatic N) is 5. The van der Waals surface area contributed by atoms with Crippen LogP contribution in [0, 0.1) is 0 Å². The first-order valence-corrected chi connectivity index (χ1v) is 16.8. The number of pyridine rings is 2. The molecule has 2 aliphatic rings. The number of benzene rings is 2. The monoisotopic (exact) mass is 653 g/mol. The Balaban J connectivity index is 1.01. The number of carbonyl (C=O) groups is 1. The van der Waals surface area contributed by atoms with Crippen LogP contribution in [0.15, 0.2) is 66.9 Å². The van der Waals surface area contributed by atoms with E-state index in [0.717, 1.165) is 91.1 Å². The number of esters is 1. The Labute approximate surface area is 279 Å². The van der Waals surface area contributed by atoms with Gasteiger partial charge >= 0.3 is 5.97 Å². The van der Waals surface area contributed by atoms with Crippen molar-refractivity contribution in [3.8, 4) is 5.88 Å². The number of imidazole rings is 1. The molecule has 0 N–H and O–H groups in total. The number of rotatable bonds is 9. The summed E-state index contributed by atoms with van der Waals surface area (Å²) < 4.78 is 19.8. The van der Waals surface area contributed by atoms with Crippen LogP contribution < -0.4 is 4.74 Å². The smallest absolute Gasteiger partial charge is 0.338 e. The molecule has 9 nitrogen and oxygen atoms in total. The van der Waals surface area contributed by atoms with Crippen LogP contribution in [0.3, 0.4) is 0 Å². The van der Waals surface area contributed by atoms with E-state index in [-0.39, 0.29) is 12.1 Å². The van der Waals surface area contributed by atoms with E-state index in [1.165, 1.54) is 0 Å². The lowest BCUT2D eigenvalue weighted by molar-refractivity contribution is -0.0592. The van der Waals surface area contributed by atoms with Crippen LogP contribution in [-0.4, -0.2) is 61.8 Å². The van der Waals surface area contributed by atoms with Crippen molar-refractivity contribution in [2.75, 3.05) is 19.7 Å². The summed E-state index contributed by atoms with van der Waals surface area (Å²) in [5.41, 5.74) is 4.76. The SMILES string of the molecule is CC(C)(C)OC(=O)c1ccc2nc(CN3CCC(c4cccc(OCc5ccnc6cc(Cl)ccc56)n4)CC3)n(CC3CCO3)c2c1. The van der Waals surface area contributed by atoms with Gasteiger partial charge in [-0.3, -0.25) is 9.88 Å². The molecule has 2 aromatic carbocycles. The highest BCUT2D eigenvalue weighted by Crippen LogP contribution is 2.30. The number of ether oxygens (including phenoxy) is 3. The molecule has 0 amide bonds. The summed E-state index contributed by atoms with van der Waals surface area (Å²) in [6, 6.07) is 19.4. The van der Waals surface area contributed by atoms with Crippen molar-refractivity contribution < 1.29 is 19.0 Å². The Morgan fingerprint density at radius 1 is 1.00 bits per heavy atom. The van der Waals surface area contributed by atoms with Gasteiger partial charge in [0.15, 0.2) is 0 Å². The quantitative estimate of drug-likeness (QED) is 0.153. The van der Waals surface area contributed by atoms with Gasteiger partial charge in [0.05, 0.1) is 41.3 Å². The zero-order valence-electron chi connectivity index (χ0n) is 27.1. The van der Waals surface area contributed by atoms with Crippen molar-refractivity contribution >= 4 is 39.5 Å². The highest BCUT2D eigenvalue weighted by Gasteiger charge is 2.27. The number of hydrogen-bond acceptors (Lipinski definition) is 8. The van der Waals surface area contributed by atoms with Crippen LogP contribution in [0.1, 0.15) is 73.4 Å². The molecule has 2 fully saturated rings. The third kappa shape index (κ3) is 7.27. The van der Waals surface area contributed by atoms with E-state index >= 15 is 0 Å². The predicted octanol–water partition coefficient (Wildman–Crippen LogP) is 7.34. The Morgan fingerprint density at radius 2 is 1.83 bits per heavy atom. The Bertz CT molecular complexity index is 1910. The first-order chi connectivity index (χ1) is 22.7. The molecule has 2 saturated heterocycles. The first-order valence-electron chi connectivity index (χ1n) is 16.4. The zero-order valence-corrected chi connectivity index (χ0v) is 27.9. The van der Waals surface area contributed by atoms with Crippen LogP contribution in [0.25, 0.3) is 21.9 Å². The maximum atomic E-state index is 12.9. The van der Waals surface area contributed by atoms with E-state index < -0.39 is 5.60 Å². The van der Waals surface area contributed by atoms with Crippen molar-refractivity contribution in [3.05, 3.63) is 94.5 Å². The summed E-state index contributed by atoms with van der Waals surface area (Å²) in [5, 5.41) is 1.69. The highest BCUT2D eigenvalue weighted by atomic mass is 35.5. The van der Waals surface area contributed by atoms with Gasteiger partial charge in [0.2, 0.25) is 5.88 Å². The van der Waals surface area contributed by atoms with E-state index in [0.29, 0.717) is 29.0 Å². The molecule has 244 valence electrons. The van der Waals surface area contributed by atoms with Crippen LogP contribution in [0.4, 0.5) is 0 Å². The van der Waals surface area contributed by atoms with Crippen LogP contribution in [0.5, 0.6) is 5.88 Å². The molecule has 10 heteroatoms. The second-order valence-electron chi connectivity index (χ2n) is 13.5. The number of hydrogen-bond donors (Lipinski definition) is 0. The number of aromatic nitrogens is 4. The van der Waals surface area contributed by atoms with Gasteiger partial charge in [-0.15, -0.1) is 0 Å². The Kier molecular flexibility index (Phi) is 8.87. The van der Waals surface area contributed by atoms with Crippen molar-refractivity contribution in [2.45, 2.75) is 77.4 Å². The maximum absolute atomic E-state index is 12.9. The van der Waals surface area contributed by atoms with Crippen molar-refractivity contribution in [3.63, 3.8) is 0 Å². The van der Waals surface area contributed by atoms with Gasteiger partial charge in [-0.1, -0.05) is 23.7 Å². The number of likely N-dealkylation sites (tertiary alicyclic amines) is 1. The van der Waals surface area contributed by atoms with Crippen molar-refractivity contribution in [1.29, 1.82) is 0 Å². The topological polar surface area (TPSA) is 91.6 Å². The standard InChI is InChI=1S/C37H40ClN5O4/c1-37(2,3)47-36(44)25-7-10-31-33(19-25)43(21-28-14-18-45-28)34(40-31)22-42-16-12-24(13-17-42)30-5-4-6-35(41-30)46-23-26-11-15-39-32-20-27(38)8-9-29(26)32/h4-11,15,19-20,24,28H,12-14,16-18,21-23H2,1-3H3. The molecule has 0 aliphatic carbocycles. The summed E-state index contributed by atoms with van der Waals surface area (Å²) in [6.07, 6.45) is 4.98. The minimum atomic E-state index is -0.557. The third-order valence-electron chi connectivity index (χ3n) is 8.93. The second kappa shape index (κ2) is 13.2. The van der Waals surface area contributed by atoms with Gasteiger partial charge in [-0.25, -0.2) is 14.8 Å². The van der Waals surface area contributed by atoms with E-state index in [4.69, 9.17) is 35.8 Å². The Morgan fingerprint density at radius 3 is 2.60 bits per heavy atom. The lowest BCUT2D eigenvalue weighted by Gasteiger charge is -2.32. The average Bonchev–Trinajstić information content (AvgIpc) is 3.37. The summed E-state index contributed by atoms with van der Waals surface area (Å²) in [7, 11) is 0. The van der Waals surface area contributed by atoms with Gasteiger partial charge in [0, 0.05) is 46.5 Å². The number of piperidine rings is 1. The molecular formula is C37H40ClN5O4. The largest absolute Gasteiger partial charge is 0.473 e. The predicted molar refractivity (Wildman–Crippen MR) is 182 cm³/mol. The number of halogens is 1. The normalized spacial score (nSPS) is 17.6. The fourth-order valence-electron chi connectivity index (χ4n) is 6.38. The molecule has 0 spiro atoms. The van der Waals surface area contributed by atoms with E-state index in [1.807, 2.05) is 75.4 Å². The minimum absolute atomic E-state index is 0.165. The summed E-state index contributed by atoms with van der Waals surface area (Å²) >= 11 is 6.16. The molecule has 7 rings (SSSR count). The van der Waals surface area contributed by atoms with Crippen LogP contribution >= 0.6 is 11.6 Å². The average molecular weight is 654 g/mol.